The summed E-state index contributed by atoms with van der Waals surface area (Å²) < 4.78 is 5.44. The topological polar surface area (TPSA) is 58.6 Å². The summed E-state index contributed by atoms with van der Waals surface area (Å²) in [5.74, 6) is 0.464. The normalized spacial score (nSPS) is 13.2. The Hall–Kier alpha value is -1.97. The number of carbonyl (C=O) groups is 1. The molecule has 4 nitrogen and oxygen atoms in total. The van der Waals surface area contributed by atoms with Crippen molar-refractivity contribution in [3.05, 3.63) is 29.3 Å². The molecule has 0 aromatic heterocycles. The second-order valence-corrected chi connectivity index (χ2v) is 4.62. The van der Waals surface area contributed by atoms with E-state index in [1.807, 2.05) is 6.07 Å². The molecule has 0 bridgehead atoms. The minimum atomic E-state index is -0.0925. The Bertz CT molecular complexity index is 494. The lowest BCUT2D eigenvalue weighted by Crippen LogP contribution is -2.29. The average molecular weight is 261 g/mol. The molecule has 19 heavy (non-hydrogen) atoms. The van der Waals surface area contributed by atoms with Crippen LogP contribution in [0.4, 0.5) is 0 Å². The maximum atomic E-state index is 11.9. The smallest absolute Gasteiger partial charge is 0.250 e. The van der Waals surface area contributed by atoms with Gasteiger partial charge in [-0.25, -0.2) is 0 Å². The average Bonchev–Trinajstić information content (AvgIpc) is 2.43. The minimum Gasteiger partial charge on any atom is -0.504 e. The van der Waals surface area contributed by atoms with Gasteiger partial charge in [0.05, 0.1) is 5.57 Å². The number of benzene rings is 1. The van der Waals surface area contributed by atoms with Crippen LogP contribution >= 0.6 is 0 Å². The number of fused-ring (bicyclic) bond motifs is 1. The number of para-hydroxylation sites is 1. The highest BCUT2D eigenvalue weighted by Gasteiger charge is 2.18. The van der Waals surface area contributed by atoms with Gasteiger partial charge < -0.3 is 15.2 Å². The van der Waals surface area contributed by atoms with Gasteiger partial charge in [-0.1, -0.05) is 31.9 Å². The van der Waals surface area contributed by atoms with Crippen LogP contribution in [0.1, 0.15) is 31.7 Å². The fourth-order valence-corrected chi connectivity index (χ4v) is 2.01. The van der Waals surface area contributed by atoms with Gasteiger partial charge in [-0.15, -0.1) is 0 Å². The second-order valence-electron chi connectivity index (χ2n) is 4.62. The zero-order chi connectivity index (χ0) is 13.7. The summed E-state index contributed by atoms with van der Waals surface area (Å²) in [5.41, 5.74) is 1.33. The lowest BCUT2D eigenvalue weighted by molar-refractivity contribution is -0.117. The van der Waals surface area contributed by atoms with Crippen LogP contribution in [0.5, 0.6) is 11.5 Å². The SMILES string of the molecule is CCCCCNC(=O)C1=Cc2cccc(O)c2OC1. The number of aromatic hydroxyl groups is 1. The Morgan fingerprint density at radius 2 is 2.26 bits per heavy atom. The summed E-state index contributed by atoms with van der Waals surface area (Å²) in [7, 11) is 0. The van der Waals surface area contributed by atoms with Crippen molar-refractivity contribution in [2.45, 2.75) is 26.2 Å². The molecule has 0 aliphatic carbocycles. The third kappa shape index (κ3) is 3.28. The van der Waals surface area contributed by atoms with Gasteiger partial charge in [0, 0.05) is 12.1 Å². The number of hydrogen-bond acceptors (Lipinski definition) is 3. The van der Waals surface area contributed by atoms with Crippen LogP contribution in [-0.4, -0.2) is 24.2 Å². The van der Waals surface area contributed by atoms with Crippen molar-refractivity contribution in [3.8, 4) is 11.5 Å². The van der Waals surface area contributed by atoms with Crippen molar-refractivity contribution < 1.29 is 14.6 Å². The molecule has 0 spiro atoms. The molecule has 1 amide bonds. The lowest BCUT2D eigenvalue weighted by Gasteiger charge is -2.18. The Morgan fingerprint density at radius 3 is 3.05 bits per heavy atom. The molecule has 1 aromatic carbocycles. The molecule has 1 aliphatic rings. The predicted molar refractivity (Wildman–Crippen MR) is 74.1 cm³/mol. The number of rotatable bonds is 5. The maximum Gasteiger partial charge on any atom is 0.250 e. The number of hydrogen-bond donors (Lipinski definition) is 2. The largest absolute Gasteiger partial charge is 0.504 e. The van der Waals surface area contributed by atoms with Gasteiger partial charge in [0.2, 0.25) is 0 Å². The van der Waals surface area contributed by atoms with Crippen LogP contribution < -0.4 is 10.1 Å². The van der Waals surface area contributed by atoms with E-state index in [1.165, 1.54) is 0 Å². The molecule has 4 heteroatoms. The first-order valence-corrected chi connectivity index (χ1v) is 6.66. The Balaban J connectivity index is 2.00. The fourth-order valence-electron chi connectivity index (χ4n) is 2.01. The number of phenolic OH excluding ortho intramolecular Hbond substituents is 1. The number of nitrogens with one attached hydrogen (secondary N) is 1. The van der Waals surface area contributed by atoms with Crippen molar-refractivity contribution in [1.29, 1.82) is 0 Å². The summed E-state index contributed by atoms with van der Waals surface area (Å²) in [6.45, 7) is 3.02. The number of ether oxygens (including phenoxy) is 1. The molecule has 0 unspecified atom stereocenters. The van der Waals surface area contributed by atoms with Crippen LogP contribution in [0.3, 0.4) is 0 Å². The van der Waals surface area contributed by atoms with Gasteiger partial charge in [0.15, 0.2) is 11.5 Å². The first kappa shape index (κ1) is 13.5. The predicted octanol–water partition coefficient (Wildman–Crippen LogP) is 2.47. The van der Waals surface area contributed by atoms with E-state index in [1.54, 1.807) is 18.2 Å². The van der Waals surface area contributed by atoms with E-state index < -0.39 is 0 Å². The summed E-state index contributed by atoms with van der Waals surface area (Å²) >= 11 is 0. The summed E-state index contributed by atoms with van der Waals surface area (Å²) in [4.78, 5) is 11.9. The van der Waals surface area contributed by atoms with E-state index in [4.69, 9.17) is 4.74 Å². The molecule has 0 saturated heterocycles. The van der Waals surface area contributed by atoms with Crippen LogP contribution in [-0.2, 0) is 4.79 Å². The van der Waals surface area contributed by atoms with Crippen molar-refractivity contribution in [2.24, 2.45) is 0 Å². The van der Waals surface area contributed by atoms with E-state index in [0.717, 1.165) is 24.8 Å². The molecule has 0 fully saturated rings. The van der Waals surface area contributed by atoms with E-state index in [-0.39, 0.29) is 18.3 Å². The third-order valence-corrected chi connectivity index (χ3v) is 3.08. The van der Waals surface area contributed by atoms with Gasteiger partial charge in [-0.2, -0.15) is 0 Å². The number of amides is 1. The molecule has 2 rings (SSSR count). The Morgan fingerprint density at radius 1 is 1.42 bits per heavy atom. The molecule has 0 radical (unpaired) electrons. The summed E-state index contributed by atoms with van der Waals surface area (Å²) in [6.07, 6.45) is 5.02. The van der Waals surface area contributed by atoms with Crippen molar-refractivity contribution in [1.82, 2.24) is 5.32 Å². The maximum absolute atomic E-state index is 11.9. The molecule has 0 atom stereocenters. The first-order valence-electron chi connectivity index (χ1n) is 6.66. The van der Waals surface area contributed by atoms with Gasteiger partial charge in [0.1, 0.15) is 6.61 Å². The van der Waals surface area contributed by atoms with Gasteiger partial charge in [-0.05, 0) is 18.6 Å². The molecular formula is C15H19NO3. The van der Waals surface area contributed by atoms with E-state index in [0.29, 0.717) is 17.9 Å². The highest BCUT2D eigenvalue weighted by atomic mass is 16.5. The van der Waals surface area contributed by atoms with Crippen LogP contribution in [0, 0.1) is 0 Å². The summed E-state index contributed by atoms with van der Waals surface area (Å²) in [5, 5.41) is 12.5. The van der Waals surface area contributed by atoms with E-state index in [2.05, 4.69) is 12.2 Å². The van der Waals surface area contributed by atoms with Crippen LogP contribution in [0.25, 0.3) is 6.08 Å². The fraction of sp³-hybridized carbons (Fsp3) is 0.400. The lowest BCUT2D eigenvalue weighted by atomic mass is 10.1. The third-order valence-electron chi connectivity index (χ3n) is 3.08. The Labute approximate surface area is 113 Å². The van der Waals surface area contributed by atoms with Crippen molar-refractivity contribution in [2.75, 3.05) is 13.2 Å². The van der Waals surface area contributed by atoms with Crippen molar-refractivity contribution >= 4 is 12.0 Å². The quantitative estimate of drug-likeness (QED) is 0.800. The van der Waals surface area contributed by atoms with Crippen LogP contribution in [0.2, 0.25) is 0 Å². The number of carbonyl (C=O) groups excluding carboxylic acids is 1. The molecule has 1 aliphatic heterocycles. The molecule has 1 aromatic rings. The van der Waals surface area contributed by atoms with Crippen LogP contribution in [0.15, 0.2) is 23.8 Å². The van der Waals surface area contributed by atoms with Gasteiger partial charge in [0.25, 0.3) is 5.91 Å². The molecular weight excluding hydrogens is 242 g/mol. The van der Waals surface area contributed by atoms with Crippen molar-refractivity contribution in [3.63, 3.8) is 0 Å². The number of phenols is 1. The zero-order valence-electron chi connectivity index (χ0n) is 11.1. The van der Waals surface area contributed by atoms with Gasteiger partial charge in [-0.3, -0.25) is 4.79 Å². The number of unbranched alkanes of at least 4 members (excludes halogenated alkanes) is 2. The molecule has 102 valence electrons. The second kappa shape index (κ2) is 6.27. The Kier molecular flexibility index (Phi) is 4.44. The molecule has 0 saturated carbocycles. The highest BCUT2D eigenvalue weighted by Crippen LogP contribution is 2.34. The van der Waals surface area contributed by atoms with E-state index >= 15 is 0 Å². The summed E-state index contributed by atoms with van der Waals surface area (Å²) in [6, 6.07) is 5.12. The standard InChI is InChI=1S/C15H19NO3/c1-2-3-4-8-16-15(18)12-9-11-6-5-7-13(17)14(11)19-10-12/h5-7,9,17H,2-4,8,10H2,1H3,(H,16,18). The van der Waals surface area contributed by atoms with Gasteiger partial charge >= 0.3 is 0 Å². The molecule has 1 heterocycles. The highest BCUT2D eigenvalue weighted by molar-refractivity contribution is 5.99. The first-order chi connectivity index (χ1) is 9.22. The zero-order valence-corrected chi connectivity index (χ0v) is 11.1. The van der Waals surface area contributed by atoms with E-state index in [9.17, 15) is 9.90 Å². The molecule has 2 N–H and O–H groups in total. The monoisotopic (exact) mass is 261 g/mol. The minimum absolute atomic E-state index is 0.0925.